The molecule has 0 aliphatic carbocycles. The van der Waals surface area contributed by atoms with Gasteiger partial charge in [-0.05, 0) is 29.3 Å². The van der Waals surface area contributed by atoms with Crippen LogP contribution in [0, 0.1) is 0 Å². The lowest BCUT2D eigenvalue weighted by molar-refractivity contribution is 0.0930. The molecule has 0 fully saturated rings. The second kappa shape index (κ2) is 8.53. The highest BCUT2D eigenvalue weighted by molar-refractivity contribution is 5.28. The van der Waals surface area contributed by atoms with Crippen LogP contribution in [0.15, 0.2) is 41.6 Å². The van der Waals surface area contributed by atoms with Gasteiger partial charge in [-0.3, -0.25) is 0 Å². The van der Waals surface area contributed by atoms with Crippen LogP contribution >= 0.6 is 0 Å². The minimum atomic E-state index is -0.922. The highest BCUT2D eigenvalue weighted by Crippen LogP contribution is 2.20. The topological polar surface area (TPSA) is 101 Å². The van der Waals surface area contributed by atoms with E-state index in [-0.39, 0.29) is 31.8 Å². The molecule has 5 N–H and O–H groups in total. The van der Waals surface area contributed by atoms with Crippen LogP contribution in [0.3, 0.4) is 0 Å². The molecule has 0 aromatic heterocycles. The lowest BCUT2D eigenvalue weighted by Crippen LogP contribution is -2.13. The number of aromatic hydroxyl groups is 1. The first kappa shape index (κ1) is 16.4. The molecule has 0 saturated carbocycles. The van der Waals surface area contributed by atoms with E-state index in [0.717, 1.165) is 0 Å². The second-order valence-corrected chi connectivity index (χ2v) is 4.50. The molecule has 1 aromatic carbocycles. The molecule has 0 unspecified atom stereocenters. The molecular weight excluding hydrogens is 260 g/mol. The Morgan fingerprint density at radius 3 is 2.60 bits per heavy atom. The van der Waals surface area contributed by atoms with Gasteiger partial charge in [0.15, 0.2) is 0 Å². The maximum Gasteiger partial charge on any atom is 0.115 e. The van der Waals surface area contributed by atoms with Crippen LogP contribution in [0.25, 0.3) is 0 Å². The van der Waals surface area contributed by atoms with E-state index in [1.807, 2.05) is 0 Å². The van der Waals surface area contributed by atoms with Crippen LogP contribution in [-0.4, -0.2) is 44.9 Å². The number of aliphatic hydroxyl groups is 4. The summed E-state index contributed by atoms with van der Waals surface area (Å²) in [7, 11) is 0. The summed E-state index contributed by atoms with van der Waals surface area (Å²) in [5.74, 6) is 0.0863. The summed E-state index contributed by atoms with van der Waals surface area (Å²) in [5.41, 5.74) is 3.84. The molecule has 1 rings (SSSR count). The van der Waals surface area contributed by atoms with Gasteiger partial charge >= 0.3 is 0 Å². The van der Waals surface area contributed by atoms with Crippen LogP contribution in [0.4, 0.5) is 0 Å². The minimum Gasteiger partial charge on any atom is -0.508 e. The molecule has 1 aromatic rings. The fourth-order valence-electron chi connectivity index (χ4n) is 1.70. The number of benzene rings is 1. The molecule has 5 nitrogen and oxygen atoms in total. The first-order valence-electron chi connectivity index (χ1n) is 6.36. The first-order valence-corrected chi connectivity index (χ1v) is 6.36. The maximum atomic E-state index is 9.92. The quantitative estimate of drug-likeness (QED) is 0.472. The summed E-state index contributed by atoms with van der Waals surface area (Å²) in [5, 5.41) is 46.3. The zero-order valence-electron chi connectivity index (χ0n) is 11.1. The van der Waals surface area contributed by atoms with Crippen molar-refractivity contribution in [1.82, 2.24) is 0 Å². The molecule has 5 heteroatoms. The van der Waals surface area contributed by atoms with Crippen molar-refractivity contribution in [2.75, 3.05) is 13.2 Å². The van der Waals surface area contributed by atoms with Gasteiger partial charge in [0.2, 0.25) is 0 Å². The summed E-state index contributed by atoms with van der Waals surface area (Å²) in [6.45, 7) is -0.646. The molecule has 0 aliphatic rings. The monoisotopic (exact) mass is 280 g/mol. The van der Waals surface area contributed by atoms with Gasteiger partial charge in [-0.1, -0.05) is 12.1 Å². The molecule has 0 heterocycles. The third-order valence-corrected chi connectivity index (χ3v) is 2.79. The largest absolute Gasteiger partial charge is 0.508 e. The van der Waals surface area contributed by atoms with Gasteiger partial charge in [-0.15, -0.1) is 5.73 Å². The van der Waals surface area contributed by atoms with Crippen molar-refractivity contribution in [3.05, 3.63) is 47.2 Å². The lowest BCUT2D eigenvalue weighted by Gasteiger charge is -2.08. The highest BCUT2D eigenvalue weighted by Gasteiger charge is 2.07. The van der Waals surface area contributed by atoms with Crippen molar-refractivity contribution in [3.8, 4) is 5.75 Å². The number of rotatable bonds is 7. The molecule has 0 aliphatic heterocycles. The molecule has 20 heavy (non-hydrogen) atoms. The minimum absolute atomic E-state index is 0.0863. The zero-order chi connectivity index (χ0) is 15.0. The van der Waals surface area contributed by atoms with E-state index < -0.39 is 12.2 Å². The Balaban J connectivity index is 2.65. The molecule has 2 atom stereocenters. The van der Waals surface area contributed by atoms with Crippen molar-refractivity contribution in [2.45, 2.75) is 25.0 Å². The van der Waals surface area contributed by atoms with Gasteiger partial charge in [0, 0.05) is 12.8 Å². The number of hydrogen-bond donors (Lipinski definition) is 5. The summed E-state index contributed by atoms with van der Waals surface area (Å²) in [4.78, 5) is 0. The SMILES string of the molecule is OCC(=C=CC[C@@H](O)c1cccc(O)c1)C[C@@H](O)CO. The molecular formula is C15H20O5. The van der Waals surface area contributed by atoms with Gasteiger partial charge in [0.25, 0.3) is 0 Å². The Morgan fingerprint density at radius 1 is 1.25 bits per heavy atom. The van der Waals surface area contributed by atoms with Crippen molar-refractivity contribution >= 4 is 0 Å². The number of aliphatic hydroxyl groups excluding tert-OH is 4. The maximum absolute atomic E-state index is 9.92. The Labute approximate surface area is 117 Å². The molecule has 0 spiro atoms. The molecule has 110 valence electrons. The van der Waals surface area contributed by atoms with Gasteiger partial charge < -0.3 is 25.5 Å². The van der Waals surface area contributed by atoms with Crippen molar-refractivity contribution in [3.63, 3.8) is 0 Å². The third kappa shape index (κ3) is 5.57. The van der Waals surface area contributed by atoms with Gasteiger partial charge in [0.05, 0.1) is 25.4 Å². The summed E-state index contributed by atoms with van der Waals surface area (Å²) < 4.78 is 0. The molecule has 0 bridgehead atoms. The van der Waals surface area contributed by atoms with E-state index >= 15 is 0 Å². The average Bonchev–Trinajstić information content (AvgIpc) is 2.45. The molecule has 0 saturated heterocycles. The summed E-state index contributed by atoms with van der Waals surface area (Å²) in [6.07, 6.45) is 0.254. The fraction of sp³-hybridized carbons (Fsp3) is 0.400. The van der Waals surface area contributed by atoms with Crippen LogP contribution in [0.1, 0.15) is 24.5 Å². The highest BCUT2D eigenvalue weighted by atomic mass is 16.3. The predicted molar refractivity (Wildman–Crippen MR) is 74.1 cm³/mol. The van der Waals surface area contributed by atoms with E-state index in [1.54, 1.807) is 18.2 Å². The predicted octanol–water partition coefficient (Wildman–Crippen LogP) is 0.633. The van der Waals surface area contributed by atoms with Gasteiger partial charge in [-0.25, -0.2) is 0 Å². The van der Waals surface area contributed by atoms with Crippen LogP contribution in [0.2, 0.25) is 0 Å². The third-order valence-electron chi connectivity index (χ3n) is 2.79. The van der Waals surface area contributed by atoms with Crippen LogP contribution in [0.5, 0.6) is 5.75 Å². The normalized spacial score (nSPS) is 13.4. The van der Waals surface area contributed by atoms with Crippen LogP contribution in [-0.2, 0) is 0 Å². The zero-order valence-corrected chi connectivity index (χ0v) is 11.1. The van der Waals surface area contributed by atoms with E-state index in [4.69, 9.17) is 10.2 Å². The molecule has 0 amide bonds. The van der Waals surface area contributed by atoms with E-state index in [2.05, 4.69) is 5.73 Å². The Bertz CT molecular complexity index is 477. The number of phenols is 1. The Morgan fingerprint density at radius 2 is 2.00 bits per heavy atom. The van der Waals surface area contributed by atoms with Gasteiger partial charge in [0.1, 0.15) is 5.75 Å². The van der Waals surface area contributed by atoms with Crippen LogP contribution < -0.4 is 0 Å². The average molecular weight is 280 g/mol. The standard InChI is InChI=1S/C15H20O5/c16-9-11(7-14(19)10-17)3-1-6-15(20)12-4-2-5-13(18)8-12/h1-2,4-5,8,14-20H,6-7,9-10H2/t3?,14-,15-/m1/s1. The second-order valence-electron chi connectivity index (χ2n) is 4.50. The van der Waals surface area contributed by atoms with Crippen molar-refractivity contribution < 1.29 is 25.5 Å². The Kier molecular flexibility index (Phi) is 7.01. The summed E-state index contributed by atoms with van der Waals surface area (Å²) in [6, 6.07) is 6.34. The first-order chi connectivity index (χ1) is 9.56. The summed E-state index contributed by atoms with van der Waals surface area (Å²) >= 11 is 0. The van der Waals surface area contributed by atoms with Crippen molar-refractivity contribution in [2.24, 2.45) is 0 Å². The van der Waals surface area contributed by atoms with Gasteiger partial charge in [-0.2, -0.15) is 0 Å². The number of hydrogen-bond acceptors (Lipinski definition) is 5. The lowest BCUT2D eigenvalue weighted by atomic mass is 10.1. The van der Waals surface area contributed by atoms with E-state index in [9.17, 15) is 15.3 Å². The molecule has 0 radical (unpaired) electrons. The fourth-order valence-corrected chi connectivity index (χ4v) is 1.70. The van der Waals surface area contributed by atoms with E-state index in [1.165, 1.54) is 12.1 Å². The number of phenolic OH excluding ortho intramolecular Hbond substituents is 1. The Hall–Kier alpha value is -1.62. The van der Waals surface area contributed by atoms with E-state index in [0.29, 0.717) is 11.1 Å². The van der Waals surface area contributed by atoms with Crippen molar-refractivity contribution in [1.29, 1.82) is 0 Å². The smallest absolute Gasteiger partial charge is 0.115 e.